The highest BCUT2D eigenvalue weighted by Crippen LogP contribution is 2.21. The molecule has 0 radical (unpaired) electrons. The summed E-state index contributed by atoms with van der Waals surface area (Å²) in [6.45, 7) is 9.96. The Bertz CT molecular complexity index is 734. The first-order valence-corrected chi connectivity index (χ1v) is 9.50. The van der Waals surface area contributed by atoms with Crippen LogP contribution in [0.25, 0.3) is 0 Å². The fourth-order valence-corrected chi connectivity index (χ4v) is 3.17. The van der Waals surface area contributed by atoms with Crippen molar-refractivity contribution in [2.75, 3.05) is 39.3 Å². The number of aromatic nitrogens is 1. The van der Waals surface area contributed by atoms with E-state index in [1.807, 2.05) is 32.0 Å². The first-order chi connectivity index (χ1) is 13.1. The smallest absolute Gasteiger partial charge is 0.255 e. The lowest BCUT2D eigenvalue weighted by Gasteiger charge is -2.27. The van der Waals surface area contributed by atoms with Crippen LogP contribution in [0.2, 0.25) is 0 Å². The van der Waals surface area contributed by atoms with E-state index in [0.29, 0.717) is 24.5 Å². The number of rotatable bonds is 8. The lowest BCUT2D eigenvalue weighted by molar-refractivity contribution is 0.0946. The Morgan fingerprint density at radius 3 is 2.81 bits per heavy atom. The summed E-state index contributed by atoms with van der Waals surface area (Å²) in [4.78, 5) is 15.0. The zero-order chi connectivity index (χ0) is 19.1. The maximum atomic E-state index is 12.6. The highest BCUT2D eigenvalue weighted by molar-refractivity contribution is 5.96. The van der Waals surface area contributed by atoms with E-state index >= 15 is 0 Å². The number of amides is 1. The zero-order valence-corrected chi connectivity index (χ0v) is 16.1. The van der Waals surface area contributed by atoms with Gasteiger partial charge in [0.1, 0.15) is 18.1 Å². The van der Waals surface area contributed by atoms with Crippen molar-refractivity contribution in [1.29, 1.82) is 0 Å². The molecule has 146 valence electrons. The molecule has 7 nitrogen and oxygen atoms in total. The number of nitrogens with zero attached hydrogens (tertiary/aromatic N) is 2. The van der Waals surface area contributed by atoms with E-state index in [2.05, 4.69) is 20.7 Å². The molecular weight excluding hydrogens is 344 g/mol. The number of para-hydroxylation sites is 1. The van der Waals surface area contributed by atoms with Crippen LogP contribution in [0.3, 0.4) is 0 Å². The molecule has 1 aliphatic heterocycles. The number of aryl methyl sites for hydroxylation is 2. The van der Waals surface area contributed by atoms with Crippen molar-refractivity contribution >= 4 is 5.91 Å². The summed E-state index contributed by atoms with van der Waals surface area (Å²) >= 11 is 0. The van der Waals surface area contributed by atoms with E-state index < -0.39 is 0 Å². The third-order valence-corrected chi connectivity index (χ3v) is 4.83. The van der Waals surface area contributed by atoms with Gasteiger partial charge in [-0.1, -0.05) is 17.3 Å². The standard InChI is InChI=1S/C20H28N4O3/c1-15-18(16(2)27-23-15)14-26-19-7-4-3-6-17(19)20(25)22-8-5-11-24-12-9-21-10-13-24/h3-4,6-7,21H,5,8-14H2,1-2H3,(H,22,25). The summed E-state index contributed by atoms with van der Waals surface area (Å²) in [6.07, 6.45) is 0.938. The van der Waals surface area contributed by atoms with Crippen LogP contribution in [0.4, 0.5) is 0 Å². The molecule has 3 rings (SSSR count). The number of nitrogens with one attached hydrogen (secondary N) is 2. The Balaban J connectivity index is 1.50. The molecule has 1 aliphatic rings. The molecule has 7 heteroatoms. The van der Waals surface area contributed by atoms with Crippen molar-refractivity contribution in [2.45, 2.75) is 26.9 Å². The zero-order valence-electron chi connectivity index (χ0n) is 16.1. The van der Waals surface area contributed by atoms with Crippen LogP contribution in [0.1, 0.15) is 33.8 Å². The van der Waals surface area contributed by atoms with Crippen LogP contribution in [-0.4, -0.2) is 55.2 Å². The molecule has 0 saturated carbocycles. The molecule has 0 aliphatic carbocycles. The Labute approximate surface area is 160 Å². The van der Waals surface area contributed by atoms with E-state index in [1.54, 1.807) is 6.07 Å². The number of piperazine rings is 1. The number of carbonyl (C=O) groups excluding carboxylic acids is 1. The topological polar surface area (TPSA) is 79.6 Å². The quantitative estimate of drug-likeness (QED) is 0.689. The third-order valence-electron chi connectivity index (χ3n) is 4.83. The first kappa shape index (κ1) is 19.4. The number of benzene rings is 1. The number of hydrogen-bond donors (Lipinski definition) is 2. The van der Waals surface area contributed by atoms with Gasteiger partial charge in [-0.3, -0.25) is 4.79 Å². The number of carbonyl (C=O) groups is 1. The van der Waals surface area contributed by atoms with Gasteiger partial charge in [0.05, 0.1) is 16.8 Å². The predicted molar refractivity (Wildman–Crippen MR) is 103 cm³/mol. The maximum absolute atomic E-state index is 12.6. The van der Waals surface area contributed by atoms with Crippen LogP contribution in [0.5, 0.6) is 5.75 Å². The van der Waals surface area contributed by atoms with Crippen LogP contribution < -0.4 is 15.4 Å². The van der Waals surface area contributed by atoms with Crippen LogP contribution in [0, 0.1) is 13.8 Å². The summed E-state index contributed by atoms with van der Waals surface area (Å²) < 4.78 is 11.0. The molecular formula is C20H28N4O3. The average Bonchev–Trinajstić information content (AvgIpc) is 3.02. The van der Waals surface area contributed by atoms with Crippen LogP contribution in [0.15, 0.2) is 28.8 Å². The normalized spacial score (nSPS) is 14.9. The summed E-state index contributed by atoms with van der Waals surface area (Å²) in [5.41, 5.74) is 2.27. The van der Waals surface area contributed by atoms with Gasteiger partial charge in [0.25, 0.3) is 5.91 Å². The van der Waals surface area contributed by atoms with Gasteiger partial charge in [-0.2, -0.15) is 0 Å². The van der Waals surface area contributed by atoms with E-state index in [9.17, 15) is 4.79 Å². The average molecular weight is 372 g/mol. The van der Waals surface area contributed by atoms with Crippen molar-refractivity contribution in [1.82, 2.24) is 20.7 Å². The van der Waals surface area contributed by atoms with Gasteiger partial charge in [-0.05, 0) is 38.9 Å². The highest BCUT2D eigenvalue weighted by Gasteiger charge is 2.15. The van der Waals surface area contributed by atoms with Crippen molar-refractivity contribution < 1.29 is 14.1 Å². The molecule has 2 heterocycles. The first-order valence-electron chi connectivity index (χ1n) is 9.50. The molecule has 2 N–H and O–H groups in total. The van der Waals surface area contributed by atoms with Crippen molar-refractivity contribution in [3.63, 3.8) is 0 Å². The fourth-order valence-electron chi connectivity index (χ4n) is 3.17. The van der Waals surface area contributed by atoms with Gasteiger partial charge >= 0.3 is 0 Å². The van der Waals surface area contributed by atoms with E-state index in [0.717, 1.165) is 56.2 Å². The monoisotopic (exact) mass is 372 g/mol. The largest absolute Gasteiger partial charge is 0.488 e. The lowest BCUT2D eigenvalue weighted by atomic mass is 10.1. The van der Waals surface area contributed by atoms with Crippen molar-refractivity contribution in [3.05, 3.63) is 46.8 Å². The molecule has 1 fully saturated rings. The Morgan fingerprint density at radius 1 is 1.30 bits per heavy atom. The molecule has 1 amide bonds. The Morgan fingerprint density at radius 2 is 2.07 bits per heavy atom. The highest BCUT2D eigenvalue weighted by atomic mass is 16.5. The summed E-state index contributed by atoms with van der Waals surface area (Å²) in [6, 6.07) is 7.31. The molecule has 0 atom stereocenters. The van der Waals surface area contributed by atoms with Gasteiger partial charge in [0.15, 0.2) is 0 Å². The van der Waals surface area contributed by atoms with Gasteiger partial charge in [-0.25, -0.2) is 0 Å². The molecule has 27 heavy (non-hydrogen) atoms. The maximum Gasteiger partial charge on any atom is 0.255 e. The van der Waals surface area contributed by atoms with Gasteiger partial charge in [-0.15, -0.1) is 0 Å². The van der Waals surface area contributed by atoms with Gasteiger partial charge < -0.3 is 24.8 Å². The lowest BCUT2D eigenvalue weighted by Crippen LogP contribution is -2.44. The van der Waals surface area contributed by atoms with E-state index in [1.165, 1.54) is 0 Å². The molecule has 0 bridgehead atoms. The minimum absolute atomic E-state index is 0.107. The summed E-state index contributed by atoms with van der Waals surface area (Å²) in [5.74, 6) is 1.20. The summed E-state index contributed by atoms with van der Waals surface area (Å²) in [5, 5.41) is 10.3. The minimum atomic E-state index is -0.107. The second-order valence-corrected chi connectivity index (χ2v) is 6.79. The van der Waals surface area contributed by atoms with Crippen molar-refractivity contribution in [2.24, 2.45) is 0 Å². The summed E-state index contributed by atoms with van der Waals surface area (Å²) in [7, 11) is 0. The Hall–Kier alpha value is -2.38. The molecule has 0 spiro atoms. The molecule has 1 aromatic heterocycles. The Kier molecular flexibility index (Phi) is 6.84. The SMILES string of the molecule is Cc1noc(C)c1COc1ccccc1C(=O)NCCCN1CCNCC1. The second kappa shape index (κ2) is 9.53. The number of hydrogen-bond acceptors (Lipinski definition) is 6. The van der Waals surface area contributed by atoms with Crippen molar-refractivity contribution in [3.8, 4) is 5.75 Å². The van der Waals surface area contributed by atoms with Gasteiger partial charge in [0.2, 0.25) is 0 Å². The molecule has 1 aromatic carbocycles. The third kappa shape index (κ3) is 5.30. The molecule has 2 aromatic rings. The molecule has 1 saturated heterocycles. The van der Waals surface area contributed by atoms with E-state index in [4.69, 9.17) is 9.26 Å². The van der Waals surface area contributed by atoms with E-state index in [-0.39, 0.29) is 5.91 Å². The predicted octanol–water partition coefficient (Wildman–Crippen LogP) is 1.90. The van der Waals surface area contributed by atoms with Crippen LogP contribution in [-0.2, 0) is 6.61 Å². The number of ether oxygens (including phenoxy) is 1. The second-order valence-electron chi connectivity index (χ2n) is 6.79. The fraction of sp³-hybridized carbons (Fsp3) is 0.500. The van der Waals surface area contributed by atoms with Gasteiger partial charge in [0, 0.05) is 32.7 Å². The minimum Gasteiger partial charge on any atom is -0.488 e. The molecule has 0 unspecified atom stereocenters. The van der Waals surface area contributed by atoms with Crippen LogP contribution >= 0.6 is 0 Å².